The van der Waals surface area contributed by atoms with E-state index in [2.05, 4.69) is 33.1 Å². The van der Waals surface area contributed by atoms with Crippen molar-refractivity contribution in [3.05, 3.63) is 76.5 Å². The molecule has 0 saturated carbocycles. The number of phenols is 1. The first kappa shape index (κ1) is 31.0. The number of amidine groups is 1. The maximum absolute atomic E-state index is 14.9. The molecule has 1 aromatic heterocycles. The Morgan fingerprint density at radius 3 is 3.02 bits per heavy atom. The number of nitriles is 1. The summed E-state index contributed by atoms with van der Waals surface area (Å²) in [4.78, 5) is 7.15. The summed E-state index contributed by atoms with van der Waals surface area (Å²) < 4.78 is 41.1. The van der Waals surface area contributed by atoms with E-state index in [4.69, 9.17) is 20.2 Å². The van der Waals surface area contributed by atoms with Crippen LogP contribution in [0.3, 0.4) is 0 Å². The predicted octanol–water partition coefficient (Wildman–Crippen LogP) is 4.47. The van der Waals surface area contributed by atoms with Gasteiger partial charge in [0.1, 0.15) is 36.4 Å². The molecule has 2 fully saturated rings. The van der Waals surface area contributed by atoms with E-state index >= 15 is 0 Å². The van der Waals surface area contributed by atoms with Gasteiger partial charge in [-0.25, -0.2) is 8.78 Å². The summed E-state index contributed by atoms with van der Waals surface area (Å²) in [5.41, 5.74) is 9.64. The van der Waals surface area contributed by atoms with Crippen LogP contribution in [0.1, 0.15) is 47.1 Å². The second-order valence-electron chi connectivity index (χ2n) is 11.6. The largest absolute Gasteiger partial charge is 0.507 e. The first-order valence-corrected chi connectivity index (χ1v) is 15.8. The molecule has 0 spiro atoms. The van der Waals surface area contributed by atoms with Crippen LogP contribution in [0.15, 0.2) is 52.8 Å². The highest BCUT2D eigenvalue weighted by atomic mass is 32.2. The number of halogens is 2. The quantitative estimate of drug-likeness (QED) is 0.0788. The Labute approximate surface area is 264 Å². The number of fused-ring (bicyclic) bond motifs is 2. The summed E-state index contributed by atoms with van der Waals surface area (Å²) in [5, 5.41) is 31.6. The Kier molecular flexibility index (Phi) is 9.09. The second-order valence-corrected chi connectivity index (χ2v) is 12.6. The zero-order valence-corrected chi connectivity index (χ0v) is 25.6. The Morgan fingerprint density at radius 1 is 1.40 bits per heavy atom. The van der Waals surface area contributed by atoms with Crippen molar-refractivity contribution >= 4 is 17.6 Å². The van der Waals surface area contributed by atoms with E-state index in [0.717, 1.165) is 42.3 Å². The number of aromatic nitrogens is 2. The van der Waals surface area contributed by atoms with Crippen molar-refractivity contribution in [3.63, 3.8) is 0 Å². The molecule has 2 unspecified atom stereocenters. The minimum Gasteiger partial charge on any atom is -0.507 e. The lowest BCUT2D eigenvalue weighted by Gasteiger charge is -2.31. The number of ether oxygens (including phenoxy) is 2. The van der Waals surface area contributed by atoms with Gasteiger partial charge in [0.05, 0.1) is 43.0 Å². The molecule has 13 heteroatoms. The van der Waals surface area contributed by atoms with Crippen molar-refractivity contribution in [1.82, 2.24) is 20.4 Å². The zero-order valence-electron chi connectivity index (χ0n) is 24.7. The van der Waals surface area contributed by atoms with Crippen LogP contribution < -0.4 is 11.1 Å². The number of phenolic OH excluding ortho intramolecular Hbond substituents is 1. The standard InChI is InChI=1S/C32H35F2N7O3S/c1-19(36)16-45-30-24(9-35)22(3-4-27(30)34)29-26-15-43-14-25(26)23(7-28(29)42)31(37-10-20-11-39-40-12-20)38-18-44-17-32-5-2-6-41(32)13-21(33)8-32/h3-4,7,11-12,21,42H,1-2,5-6,8,10,13-18,36H2,(H,37,38)(H,39,40). The number of thioether (sulfide) groups is 1. The van der Waals surface area contributed by atoms with Gasteiger partial charge in [-0.1, -0.05) is 6.58 Å². The van der Waals surface area contributed by atoms with Crippen LogP contribution in [0.25, 0.3) is 11.1 Å². The molecule has 6 rings (SSSR count). The molecule has 0 aliphatic carbocycles. The molecule has 0 radical (unpaired) electrons. The van der Waals surface area contributed by atoms with E-state index in [1.807, 2.05) is 0 Å². The van der Waals surface area contributed by atoms with E-state index in [9.17, 15) is 19.1 Å². The molecule has 3 aliphatic heterocycles. The van der Waals surface area contributed by atoms with Crippen LogP contribution in [0.4, 0.5) is 8.78 Å². The smallest absolute Gasteiger partial charge is 0.138 e. The fraction of sp³-hybridized carbons (Fsp3) is 0.406. The van der Waals surface area contributed by atoms with Crippen molar-refractivity contribution in [2.45, 2.75) is 55.6 Å². The number of nitrogens with zero attached hydrogens (tertiary/aromatic N) is 4. The molecule has 5 N–H and O–H groups in total. The zero-order chi connectivity index (χ0) is 31.6. The molecule has 3 aliphatic rings. The molecule has 0 amide bonds. The summed E-state index contributed by atoms with van der Waals surface area (Å²) in [6.45, 7) is 6.27. The third-order valence-electron chi connectivity index (χ3n) is 8.62. The van der Waals surface area contributed by atoms with Crippen molar-refractivity contribution in [1.29, 1.82) is 5.26 Å². The Bertz CT molecular complexity index is 1660. The molecule has 0 bridgehead atoms. The van der Waals surface area contributed by atoms with Gasteiger partial charge in [0.15, 0.2) is 0 Å². The van der Waals surface area contributed by atoms with Crippen LogP contribution in [0.5, 0.6) is 5.75 Å². The summed E-state index contributed by atoms with van der Waals surface area (Å²) in [5.74, 6) is 0.0607. The fourth-order valence-electron chi connectivity index (χ4n) is 6.62. The molecule has 2 saturated heterocycles. The summed E-state index contributed by atoms with van der Waals surface area (Å²) in [6, 6.07) is 6.49. The van der Waals surface area contributed by atoms with E-state index in [-0.39, 0.29) is 47.4 Å². The van der Waals surface area contributed by atoms with Crippen LogP contribution in [0, 0.1) is 17.1 Å². The van der Waals surface area contributed by atoms with Crippen molar-refractivity contribution in [3.8, 4) is 22.9 Å². The van der Waals surface area contributed by atoms with Gasteiger partial charge in [-0.05, 0) is 48.7 Å². The first-order chi connectivity index (χ1) is 21.8. The molecular formula is C32H35F2N7O3S. The van der Waals surface area contributed by atoms with E-state index < -0.39 is 12.0 Å². The Balaban J connectivity index is 1.32. The number of nitrogens with one attached hydrogen (secondary N) is 2. The van der Waals surface area contributed by atoms with Gasteiger partial charge in [-0.3, -0.25) is 15.0 Å². The predicted molar refractivity (Wildman–Crippen MR) is 167 cm³/mol. The van der Waals surface area contributed by atoms with Crippen LogP contribution in [0.2, 0.25) is 0 Å². The number of H-pyrrole nitrogens is 1. The third-order valence-corrected chi connectivity index (χ3v) is 9.82. The van der Waals surface area contributed by atoms with Gasteiger partial charge in [0.2, 0.25) is 0 Å². The minimum atomic E-state index is -0.838. The number of nitrogens with two attached hydrogens (primary N) is 1. The average Bonchev–Trinajstić information content (AvgIpc) is 3.81. The monoisotopic (exact) mass is 635 g/mol. The number of rotatable bonds is 11. The first-order valence-electron chi connectivity index (χ1n) is 14.8. The Morgan fingerprint density at radius 2 is 2.24 bits per heavy atom. The fourth-order valence-corrected chi connectivity index (χ4v) is 7.45. The maximum atomic E-state index is 14.9. The molecular weight excluding hydrogens is 600 g/mol. The number of alkyl halides is 1. The van der Waals surface area contributed by atoms with Crippen molar-refractivity contribution in [2.75, 3.05) is 32.2 Å². The molecule has 2 aromatic carbocycles. The van der Waals surface area contributed by atoms with Crippen LogP contribution >= 0.6 is 11.8 Å². The summed E-state index contributed by atoms with van der Waals surface area (Å²) in [7, 11) is 0. The van der Waals surface area contributed by atoms with E-state index in [1.165, 1.54) is 12.1 Å². The number of hydrogen-bond donors (Lipinski definition) is 4. The van der Waals surface area contributed by atoms with Crippen LogP contribution in [-0.2, 0) is 29.2 Å². The van der Waals surface area contributed by atoms with Gasteiger partial charge in [0, 0.05) is 58.4 Å². The number of aliphatic imine (C=N–C) groups is 1. The number of benzene rings is 2. The number of aromatic hydroxyl groups is 1. The third kappa shape index (κ3) is 6.28. The van der Waals surface area contributed by atoms with E-state index in [1.54, 1.807) is 18.5 Å². The maximum Gasteiger partial charge on any atom is 0.138 e. The summed E-state index contributed by atoms with van der Waals surface area (Å²) in [6.07, 6.45) is 5.01. The van der Waals surface area contributed by atoms with Gasteiger partial charge in [-0.15, -0.1) is 11.8 Å². The van der Waals surface area contributed by atoms with Gasteiger partial charge >= 0.3 is 0 Å². The van der Waals surface area contributed by atoms with Gasteiger partial charge in [0.25, 0.3) is 0 Å². The minimum absolute atomic E-state index is 0.0986. The summed E-state index contributed by atoms with van der Waals surface area (Å²) >= 11 is 1.08. The van der Waals surface area contributed by atoms with Gasteiger partial charge < -0.3 is 25.6 Å². The van der Waals surface area contributed by atoms with E-state index in [0.29, 0.717) is 59.9 Å². The Hall–Kier alpha value is -3.96. The SMILES string of the molecule is C=C(N)CSc1c(F)ccc(-c2c(O)cc(C(=NCc3cn[nH]c3)NCOCC34CCCN3CC(F)C4)c3c2COC3)c1C#N. The molecule has 236 valence electrons. The lowest BCUT2D eigenvalue weighted by Crippen LogP contribution is -2.43. The highest BCUT2D eigenvalue weighted by Crippen LogP contribution is 2.44. The highest BCUT2D eigenvalue weighted by Gasteiger charge is 2.48. The molecule has 4 heterocycles. The molecule has 2 atom stereocenters. The van der Waals surface area contributed by atoms with Crippen LogP contribution in [-0.4, -0.2) is 69.9 Å². The molecule has 3 aromatic rings. The highest BCUT2D eigenvalue weighted by molar-refractivity contribution is 7.99. The lowest BCUT2D eigenvalue weighted by atomic mass is 9.90. The number of aromatic amines is 1. The van der Waals surface area contributed by atoms with Crippen molar-refractivity contribution < 1.29 is 23.4 Å². The average molecular weight is 636 g/mol. The normalized spacial score (nSPS) is 21.1. The number of hydrogen-bond acceptors (Lipinski definition) is 9. The second kappa shape index (κ2) is 13.2. The van der Waals surface area contributed by atoms with Gasteiger partial charge in [-0.2, -0.15) is 10.4 Å². The molecule has 10 nitrogen and oxygen atoms in total. The molecule has 45 heavy (non-hydrogen) atoms. The van der Waals surface area contributed by atoms with Crippen molar-refractivity contribution in [2.24, 2.45) is 10.7 Å². The lowest BCUT2D eigenvalue weighted by molar-refractivity contribution is 0.0323. The topological polar surface area (TPSA) is 145 Å².